The standard InChI is InChI=1S/C27H25F4NO4/c1-35-26(34)15-20-13-19(7-10-24(20)28)23-9-8-22(27(29,30)31)14-21(23)16-32-12-11-25(33)36-17-18-5-3-2-4-6-18/h2-10,13-14,32H,11-12,15-17H2,1H3. The number of carbonyl (C=O) groups is 2. The first-order valence-electron chi connectivity index (χ1n) is 11.1. The average Bonchev–Trinajstić information content (AvgIpc) is 2.86. The molecule has 0 radical (unpaired) electrons. The van der Waals surface area contributed by atoms with E-state index in [9.17, 15) is 27.2 Å². The number of ether oxygens (including phenoxy) is 2. The molecule has 0 unspecified atom stereocenters. The predicted molar refractivity (Wildman–Crippen MR) is 125 cm³/mol. The van der Waals surface area contributed by atoms with Crippen LogP contribution in [-0.4, -0.2) is 25.6 Å². The Morgan fingerprint density at radius 3 is 2.36 bits per heavy atom. The van der Waals surface area contributed by atoms with Gasteiger partial charge in [-0.05, 0) is 52.1 Å². The summed E-state index contributed by atoms with van der Waals surface area (Å²) >= 11 is 0. The fourth-order valence-corrected chi connectivity index (χ4v) is 3.53. The van der Waals surface area contributed by atoms with Crippen LogP contribution in [0.4, 0.5) is 17.6 Å². The molecule has 36 heavy (non-hydrogen) atoms. The molecule has 0 aromatic heterocycles. The first kappa shape index (κ1) is 26.9. The maximum Gasteiger partial charge on any atom is 0.416 e. The molecule has 9 heteroatoms. The lowest BCUT2D eigenvalue weighted by Crippen LogP contribution is -2.20. The van der Waals surface area contributed by atoms with Crippen LogP contribution in [0.5, 0.6) is 0 Å². The van der Waals surface area contributed by atoms with Gasteiger partial charge in [0.25, 0.3) is 0 Å². The van der Waals surface area contributed by atoms with E-state index in [1.165, 1.54) is 25.3 Å². The Labute approximate surface area is 206 Å². The molecular formula is C27H25F4NO4. The number of benzene rings is 3. The predicted octanol–water partition coefficient (Wildman–Crippen LogP) is 5.45. The molecule has 0 atom stereocenters. The van der Waals surface area contributed by atoms with Gasteiger partial charge < -0.3 is 14.8 Å². The summed E-state index contributed by atoms with van der Waals surface area (Å²) in [5.74, 6) is -1.70. The quantitative estimate of drug-likeness (QED) is 0.227. The first-order valence-corrected chi connectivity index (χ1v) is 11.1. The van der Waals surface area contributed by atoms with Gasteiger partial charge in [0.2, 0.25) is 0 Å². The molecule has 1 N–H and O–H groups in total. The molecule has 3 aromatic carbocycles. The van der Waals surface area contributed by atoms with E-state index >= 15 is 0 Å². The van der Waals surface area contributed by atoms with Crippen molar-refractivity contribution in [2.45, 2.75) is 32.2 Å². The molecule has 0 spiro atoms. The minimum absolute atomic E-state index is 0.0227. The molecule has 0 heterocycles. The van der Waals surface area contributed by atoms with Crippen molar-refractivity contribution >= 4 is 11.9 Å². The second-order valence-corrected chi connectivity index (χ2v) is 8.00. The van der Waals surface area contributed by atoms with Crippen molar-refractivity contribution in [1.29, 1.82) is 0 Å². The van der Waals surface area contributed by atoms with Crippen LogP contribution in [0.25, 0.3) is 11.1 Å². The highest BCUT2D eigenvalue weighted by Gasteiger charge is 2.31. The van der Waals surface area contributed by atoms with Gasteiger partial charge in [0, 0.05) is 13.1 Å². The Bertz CT molecular complexity index is 1200. The van der Waals surface area contributed by atoms with Gasteiger partial charge in [-0.2, -0.15) is 13.2 Å². The summed E-state index contributed by atoms with van der Waals surface area (Å²) in [6, 6.07) is 16.4. The van der Waals surface area contributed by atoms with Crippen LogP contribution in [0, 0.1) is 5.82 Å². The number of hydrogen-bond acceptors (Lipinski definition) is 5. The number of halogens is 4. The van der Waals surface area contributed by atoms with E-state index in [0.717, 1.165) is 23.8 Å². The molecule has 0 saturated carbocycles. The highest BCUT2D eigenvalue weighted by atomic mass is 19.4. The first-order chi connectivity index (χ1) is 17.2. The number of nitrogens with one attached hydrogen (secondary N) is 1. The van der Waals surface area contributed by atoms with Crippen LogP contribution < -0.4 is 5.32 Å². The fourth-order valence-electron chi connectivity index (χ4n) is 3.53. The van der Waals surface area contributed by atoms with Gasteiger partial charge in [-0.25, -0.2) is 4.39 Å². The number of carbonyl (C=O) groups excluding carboxylic acids is 2. The van der Waals surface area contributed by atoms with Crippen LogP contribution in [0.1, 0.15) is 28.7 Å². The summed E-state index contributed by atoms with van der Waals surface area (Å²) in [7, 11) is 1.18. The smallest absolute Gasteiger partial charge is 0.416 e. The largest absolute Gasteiger partial charge is 0.469 e. The molecule has 0 saturated heterocycles. The van der Waals surface area contributed by atoms with Crippen LogP contribution in [0.2, 0.25) is 0 Å². The lowest BCUT2D eigenvalue weighted by atomic mass is 9.95. The molecule has 5 nitrogen and oxygen atoms in total. The molecular weight excluding hydrogens is 478 g/mol. The lowest BCUT2D eigenvalue weighted by Gasteiger charge is -2.15. The Balaban J connectivity index is 1.71. The second-order valence-electron chi connectivity index (χ2n) is 8.00. The zero-order valence-electron chi connectivity index (χ0n) is 19.5. The molecule has 0 aliphatic heterocycles. The van der Waals surface area contributed by atoms with E-state index in [-0.39, 0.29) is 38.1 Å². The molecule has 3 aromatic rings. The van der Waals surface area contributed by atoms with Crippen LogP contribution in [-0.2, 0) is 44.8 Å². The Hall–Kier alpha value is -3.72. The summed E-state index contributed by atoms with van der Waals surface area (Å²) in [4.78, 5) is 23.6. The summed E-state index contributed by atoms with van der Waals surface area (Å²) in [6.45, 7) is 0.338. The molecule has 3 rings (SSSR count). The van der Waals surface area contributed by atoms with Crippen molar-refractivity contribution in [1.82, 2.24) is 5.32 Å². The summed E-state index contributed by atoms with van der Waals surface area (Å²) < 4.78 is 64.0. The van der Waals surface area contributed by atoms with Crippen molar-refractivity contribution in [3.8, 4) is 11.1 Å². The van der Waals surface area contributed by atoms with Crippen LogP contribution in [0.3, 0.4) is 0 Å². The number of rotatable bonds is 10. The topological polar surface area (TPSA) is 64.6 Å². The fraction of sp³-hybridized carbons (Fsp3) is 0.259. The van der Waals surface area contributed by atoms with E-state index in [0.29, 0.717) is 16.7 Å². The van der Waals surface area contributed by atoms with Gasteiger partial charge in [-0.1, -0.05) is 42.5 Å². The normalized spacial score (nSPS) is 11.2. The zero-order valence-corrected chi connectivity index (χ0v) is 19.5. The third kappa shape index (κ3) is 7.64. The van der Waals surface area contributed by atoms with Crippen molar-refractivity contribution in [2.75, 3.05) is 13.7 Å². The van der Waals surface area contributed by atoms with E-state index in [2.05, 4.69) is 10.1 Å². The van der Waals surface area contributed by atoms with E-state index in [1.807, 2.05) is 30.3 Å². The molecule has 0 amide bonds. The molecule has 0 aliphatic carbocycles. The Kier molecular flexibility index (Phi) is 9.19. The van der Waals surface area contributed by atoms with Gasteiger partial charge >= 0.3 is 18.1 Å². The highest BCUT2D eigenvalue weighted by molar-refractivity contribution is 5.75. The van der Waals surface area contributed by atoms with Gasteiger partial charge in [-0.15, -0.1) is 0 Å². The van der Waals surface area contributed by atoms with Crippen LogP contribution >= 0.6 is 0 Å². The number of hydrogen-bond donors (Lipinski definition) is 1. The molecule has 0 aliphatic rings. The van der Waals surface area contributed by atoms with E-state index in [4.69, 9.17) is 4.74 Å². The summed E-state index contributed by atoms with van der Waals surface area (Å²) in [5, 5.41) is 2.97. The van der Waals surface area contributed by atoms with E-state index < -0.39 is 29.5 Å². The average molecular weight is 503 g/mol. The van der Waals surface area contributed by atoms with Crippen LogP contribution in [0.15, 0.2) is 66.7 Å². The third-order valence-corrected chi connectivity index (χ3v) is 5.42. The lowest BCUT2D eigenvalue weighted by molar-refractivity contribution is -0.145. The SMILES string of the molecule is COC(=O)Cc1cc(-c2ccc(C(F)(F)F)cc2CNCCC(=O)OCc2ccccc2)ccc1F. The zero-order chi connectivity index (χ0) is 26.1. The minimum Gasteiger partial charge on any atom is -0.469 e. The van der Waals surface area contributed by atoms with Gasteiger partial charge in [0.05, 0.1) is 25.5 Å². The summed E-state index contributed by atoms with van der Waals surface area (Å²) in [6.07, 6.45) is -4.83. The molecule has 0 bridgehead atoms. The third-order valence-electron chi connectivity index (χ3n) is 5.42. The van der Waals surface area contributed by atoms with E-state index in [1.54, 1.807) is 0 Å². The van der Waals surface area contributed by atoms with Crippen molar-refractivity contribution in [2.24, 2.45) is 0 Å². The van der Waals surface area contributed by atoms with Gasteiger partial charge in [-0.3, -0.25) is 9.59 Å². The van der Waals surface area contributed by atoms with Crippen molar-refractivity contribution < 1.29 is 36.6 Å². The molecule has 190 valence electrons. The van der Waals surface area contributed by atoms with Crippen molar-refractivity contribution in [3.05, 3.63) is 94.8 Å². The highest BCUT2D eigenvalue weighted by Crippen LogP contribution is 2.34. The minimum atomic E-state index is -4.55. The monoisotopic (exact) mass is 503 g/mol. The molecule has 0 fully saturated rings. The summed E-state index contributed by atoms with van der Waals surface area (Å²) in [5.41, 5.74) is 1.27. The Morgan fingerprint density at radius 2 is 1.67 bits per heavy atom. The maximum absolute atomic E-state index is 14.2. The number of esters is 2. The number of alkyl halides is 3. The van der Waals surface area contributed by atoms with Crippen molar-refractivity contribution in [3.63, 3.8) is 0 Å². The van der Waals surface area contributed by atoms with Gasteiger partial charge in [0.1, 0.15) is 12.4 Å². The Morgan fingerprint density at radius 1 is 0.917 bits per heavy atom. The second kappa shape index (κ2) is 12.3. The number of methoxy groups -OCH3 is 1. The maximum atomic E-state index is 14.2. The van der Waals surface area contributed by atoms with Gasteiger partial charge in [0.15, 0.2) is 0 Å².